The van der Waals surface area contributed by atoms with E-state index in [0.29, 0.717) is 11.5 Å². The summed E-state index contributed by atoms with van der Waals surface area (Å²) in [7, 11) is 0. The molecule has 8 heteroatoms. The number of hydrogen-bond acceptors (Lipinski definition) is 5. The number of benzene rings is 2. The summed E-state index contributed by atoms with van der Waals surface area (Å²) < 4.78 is 6.11. The van der Waals surface area contributed by atoms with Crippen molar-refractivity contribution in [2.45, 2.75) is 25.9 Å². The Labute approximate surface area is 169 Å². The number of urea groups is 1. The van der Waals surface area contributed by atoms with E-state index in [0.717, 1.165) is 20.5 Å². The highest BCUT2D eigenvalue weighted by molar-refractivity contribution is 9.10. The fourth-order valence-corrected chi connectivity index (χ4v) is 3.51. The van der Waals surface area contributed by atoms with Crippen LogP contribution in [0, 0.1) is 6.92 Å². The van der Waals surface area contributed by atoms with Crippen LogP contribution in [0.15, 0.2) is 57.5 Å². The molecule has 0 saturated carbocycles. The van der Waals surface area contributed by atoms with Gasteiger partial charge in [0.05, 0.1) is 6.54 Å². The highest BCUT2D eigenvalue weighted by atomic mass is 79.9. The average molecular weight is 441 g/mol. The van der Waals surface area contributed by atoms with E-state index in [-0.39, 0.29) is 18.3 Å². The van der Waals surface area contributed by atoms with E-state index in [9.17, 15) is 9.59 Å². The summed E-state index contributed by atoms with van der Waals surface area (Å²) in [6, 6.07) is 14.4. The molecule has 2 heterocycles. The van der Waals surface area contributed by atoms with Crippen molar-refractivity contribution in [2.24, 2.45) is 0 Å². The molecule has 4 rings (SSSR count). The van der Waals surface area contributed by atoms with Crippen LogP contribution in [-0.4, -0.2) is 27.0 Å². The second-order valence-corrected chi connectivity index (χ2v) is 7.75. The van der Waals surface area contributed by atoms with Crippen molar-refractivity contribution >= 4 is 27.9 Å². The van der Waals surface area contributed by atoms with E-state index in [2.05, 4.69) is 31.4 Å². The first-order valence-corrected chi connectivity index (χ1v) is 9.46. The maximum atomic E-state index is 13.0. The Morgan fingerprint density at radius 1 is 1.18 bits per heavy atom. The van der Waals surface area contributed by atoms with Crippen LogP contribution in [0.5, 0.6) is 0 Å². The minimum Gasteiger partial charge on any atom is -0.334 e. The van der Waals surface area contributed by atoms with Gasteiger partial charge in [-0.2, -0.15) is 4.98 Å². The van der Waals surface area contributed by atoms with Crippen molar-refractivity contribution in [3.05, 3.63) is 70.0 Å². The average Bonchev–Trinajstić information content (AvgIpc) is 3.22. The number of nitrogens with one attached hydrogen (secondary N) is 1. The number of aryl methyl sites for hydroxylation is 1. The number of imide groups is 1. The van der Waals surface area contributed by atoms with Crippen molar-refractivity contribution in [1.29, 1.82) is 0 Å². The maximum Gasteiger partial charge on any atom is 0.325 e. The summed E-state index contributed by atoms with van der Waals surface area (Å²) in [5.41, 5.74) is 1.44. The first-order valence-electron chi connectivity index (χ1n) is 8.66. The van der Waals surface area contributed by atoms with Crippen LogP contribution in [0.3, 0.4) is 0 Å². The number of carbonyl (C=O) groups excluding carboxylic acids is 2. The largest absolute Gasteiger partial charge is 0.334 e. The lowest BCUT2D eigenvalue weighted by Crippen LogP contribution is -2.40. The number of aromatic nitrogens is 2. The number of halogens is 1. The van der Waals surface area contributed by atoms with Crippen molar-refractivity contribution < 1.29 is 14.1 Å². The predicted molar refractivity (Wildman–Crippen MR) is 105 cm³/mol. The van der Waals surface area contributed by atoms with E-state index in [4.69, 9.17) is 4.52 Å². The number of amides is 3. The first-order chi connectivity index (χ1) is 13.4. The molecule has 1 aromatic heterocycles. The number of hydrogen-bond donors (Lipinski definition) is 1. The number of nitrogens with zero attached hydrogens (tertiary/aromatic N) is 3. The SMILES string of the molecule is Cc1ccc(-c2nc(CN3C(=O)N[C@](C)(c4cccc(Br)c4)C3=O)no2)cc1. The zero-order valence-electron chi connectivity index (χ0n) is 15.3. The molecule has 1 aliphatic rings. The Morgan fingerprint density at radius 2 is 1.93 bits per heavy atom. The normalized spacial score (nSPS) is 19.2. The maximum absolute atomic E-state index is 13.0. The lowest BCUT2D eigenvalue weighted by Gasteiger charge is -2.22. The molecule has 0 bridgehead atoms. The fourth-order valence-electron chi connectivity index (χ4n) is 3.11. The zero-order chi connectivity index (χ0) is 19.9. The molecule has 7 nitrogen and oxygen atoms in total. The van der Waals surface area contributed by atoms with Crippen LogP contribution in [0.4, 0.5) is 4.79 Å². The van der Waals surface area contributed by atoms with Gasteiger partial charge in [0.1, 0.15) is 5.54 Å². The molecule has 3 aromatic rings. The lowest BCUT2D eigenvalue weighted by atomic mass is 9.92. The summed E-state index contributed by atoms with van der Waals surface area (Å²) in [4.78, 5) is 30.9. The van der Waals surface area contributed by atoms with Gasteiger partial charge < -0.3 is 9.84 Å². The molecule has 28 heavy (non-hydrogen) atoms. The molecular weight excluding hydrogens is 424 g/mol. The minimum absolute atomic E-state index is 0.0659. The molecule has 1 saturated heterocycles. The lowest BCUT2D eigenvalue weighted by molar-refractivity contribution is -0.131. The van der Waals surface area contributed by atoms with Gasteiger partial charge in [-0.3, -0.25) is 9.69 Å². The zero-order valence-corrected chi connectivity index (χ0v) is 16.9. The summed E-state index contributed by atoms with van der Waals surface area (Å²) >= 11 is 3.40. The van der Waals surface area contributed by atoms with E-state index in [1.54, 1.807) is 13.0 Å². The molecule has 142 valence electrons. The minimum atomic E-state index is -1.15. The third-order valence-corrected chi connectivity index (χ3v) is 5.24. The third-order valence-electron chi connectivity index (χ3n) is 4.74. The van der Waals surface area contributed by atoms with Crippen molar-refractivity contribution in [1.82, 2.24) is 20.4 Å². The Morgan fingerprint density at radius 3 is 2.64 bits per heavy atom. The fraction of sp³-hybridized carbons (Fsp3) is 0.200. The summed E-state index contributed by atoms with van der Waals surface area (Å²) in [6.45, 7) is 3.61. The number of carbonyl (C=O) groups is 2. The Hall–Kier alpha value is -3.00. The standard InChI is InChI=1S/C20H17BrN4O3/c1-12-6-8-13(9-7-12)17-22-16(24-28-17)11-25-18(26)20(2,23-19(25)27)14-4-3-5-15(21)10-14/h3-10H,11H2,1-2H3,(H,23,27)/t20-/m1/s1. The molecule has 0 spiro atoms. The molecule has 1 atom stereocenters. The molecule has 0 radical (unpaired) electrons. The van der Waals surface area contributed by atoms with Crippen LogP contribution in [-0.2, 0) is 16.9 Å². The molecule has 1 fully saturated rings. The quantitative estimate of drug-likeness (QED) is 0.623. The smallest absolute Gasteiger partial charge is 0.325 e. The van der Waals surface area contributed by atoms with Gasteiger partial charge in [0.15, 0.2) is 5.82 Å². The first kappa shape index (κ1) is 18.4. The van der Waals surface area contributed by atoms with Gasteiger partial charge in [0.2, 0.25) is 0 Å². The van der Waals surface area contributed by atoms with E-state index >= 15 is 0 Å². The van der Waals surface area contributed by atoms with Crippen molar-refractivity contribution in [3.63, 3.8) is 0 Å². The second-order valence-electron chi connectivity index (χ2n) is 6.84. The van der Waals surface area contributed by atoms with Gasteiger partial charge >= 0.3 is 6.03 Å². The van der Waals surface area contributed by atoms with E-state index < -0.39 is 11.6 Å². The van der Waals surface area contributed by atoms with Crippen LogP contribution < -0.4 is 5.32 Å². The van der Waals surface area contributed by atoms with Crippen LogP contribution >= 0.6 is 15.9 Å². The summed E-state index contributed by atoms with van der Waals surface area (Å²) in [5, 5.41) is 6.68. The topological polar surface area (TPSA) is 88.3 Å². The van der Waals surface area contributed by atoms with Gasteiger partial charge in [0.25, 0.3) is 11.8 Å². The highest BCUT2D eigenvalue weighted by Gasteiger charge is 2.49. The highest BCUT2D eigenvalue weighted by Crippen LogP contribution is 2.31. The Balaban J connectivity index is 1.56. The van der Waals surface area contributed by atoms with Crippen LogP contribution in [0.25, 0.3) is 11.5 Å². The van der Waals surface area contributed by atoms with Crippen LogP contribution in [0.1, 0.15) is 23.9 Å². The van der Waals surface area contributed by atoms with Crippen molar-refractivity contribution in [3.8, 4) is 11.5 Å². The van der Waals surface area contributed by atoms with Crippen molar-refractivity contribution in [2.75, 3.05) is 0 Å². The van der Waals surface area contributed by atoms with Gasteiger partial charge in [0, 0.05) is 10.0 Å². The van der Waals surface area contributed by atoms with E-state index in [1.807, 2.05) is 49.4 Å². The summed E-state index contributed by atoms with van der Waals surface area (Å²) in [6.07, 6.45) is 0. The molecule has 0 aliphatic carbocycles. The van der Waals surface area contributed by atoms with Gasteiger partial charge in [-0.1, -0.05) is 50.9 Å². The Bertz CT molecular complexity index is 1060. The Kier molecular flexibility index (Phi) is 4.50. The molecule has 1 aliphatic heterocycles. The monoisotopic (exact) mass is 440 g/mol. The molecule has 3 amide bonds. The number of rotatable bonds is 4. The van der Waals surface area contributed by atoms with Gasteiger partial charge in [-0.15, -0.1) is 0 Å². The molecule has 1 N–H and O–H groups in total. The van der Waals surface area contributed by atoms with Crippen LogP contribution in [0.2, 0.25) is 0 Å². The molecule has 2 aromatic carbocycles. The second kappa shape index (κ2) is 6.87. The third kappa shape index (κ3) is 3.20. The predicted octanol–water partition coefficient (Wildman–Crippen LogP) is 3.77. The van der Waals surface area contributed by atoms with E-state index in [1.165, 1.54) is 0 Å². The molecular formula is C20H17BrN4O3. The van der Waals surface area contributed by atoms with Gasteiger partial charge in [-0.25, -0.2) is 4.79 Å². The summed E-state index contributed by atoms with van der Waals surface area (Å²) in [5.74, 6) is 0.242. The molecule has 0 unspecified atom stereocenters. The van der Waals surface area contributed by atoms with Gasteiger partial charge in [-0.05, 0) is 43.7 Å².